The average molecular weight is 359 g/mol. The zero-order valence-corrected chi connectivity index (χ0v) is 15.2. The highest BCUT2D eigenvalue weighted by Crippen LogP contribution is 2.20. The number of thiazole rings is 1. The Hall–Kier alpha value is -1.76. The second-order valence-corrected chi connectivity index (χ2v) is 7.33. The molecule has 6 heteroatoms. The van der Waals surface area contributed by atoms with Gasteiger partial charge in [-0.3, -0.25) is 4.79 Å². The van der Waals surface area contributed by atoms with E-state index >= 15 is 0 Å². The molecule has 3 rings (SSSR count). The molecule has 1 saturated heterocycles. The highest BCUT2D eigenvalue weighted by molar-refractivity contribution is 7.09. The quantitative estimate of drug-likeness (QED) is 0.825. The Morgan fingerprint density at radius 1 is 1.28 bits per heavy atom. The number of carbonyl (C=O) groups excluding carboxylic acids is 1. The normalized spacial score (nSPS) is 15.2. The van der Waals surface area contributed by atoms with Gasteiger partial charge in [0, 0.05) is 38.1 Å². The van der Waals surface area contributed by atoms with E-state index in [4.69, 9.17) is 10.5 Å². The molecule has 134 valence electrons. The number of aromatic nitrogens is 1. The van der Waals surface area contributed by atoms with Crippen LogP contribution in [0.25, 0.3) is 0 Å². The molecule has 1 amide bonds. The van der Waals surface area contributed by atoms with Crippen LogP contribution in [0.5, 0.6) is 0 Å². The zero-order chi connectivity index (χ0) is 17.5. The van der Waals surface area contributed by atoms with Crippen molar-refractivity contribution in [1.82, 2.24) is 9.88 Å². The molecule has 1 aromatic carbocycles. The maximum atomic E-state index is 13.0. The molecule has 0 spiro atoms. The van der Waals surface area contributed by atoms with Gasteiger partial charge in [-0.2, -0.15) is 0 Å². The van der Waals surface area contributed by atoms with Crippen molar-refractivity contribution in [2.24, 2.45) is 11.7 Å². The monoisotopic (exact) mass is 359 g/mol. The number of nitrogens with two attached hydrogens (primary N) is 1. The summed E-state index contributed by atoms with van der Waals surface area (Å²) in [5.41, 5.74) is 7.27. The Balaban J connectivity index is 1.74. The summed E-state index contributed by atoms with van der Waals surface area (Å²) < 4.78 is 5.45. The van der Waals surface area contributed by atoms with Crippen molar-refractivity contribution in [3.63, 3.8) is 0 Å². The molecular weight excluding hydrogens is 334 g/mol. The maximum Gasteiger partial charge on any atom is 0.273 e. The minimum atomic E-state index is 0.00914. The van der Waals surface area contributed by atoms with E-state index in [9.17, 15) is 4.79 Å². The van der Waals surface area contributed by atoms with Crippen LogP contribution in [0, 0.1) is 5.92 Å². The molecule has 1 aliphatic heterocycles. The lowest BCUT2D eigenvalue weighted by molar-refractivity contribution is 0.0443. The highest BCUT2D eigenvalue weighted by Gasteiger charge is 2.24. The number of rotatable bonds is 7. The van der Waals surface area contributed by atoms with Crippen molar-refractivity contribution in [2.75, 3.05) is 26.3 Å². The van der Waals surface area contributed by atoms with Crippen molar-refractivity contribution in [3.05, 3.63) is 52.0 Å². The van der Waals surface area contributed by atoms with Gasteiger partial charge in [-0.15, -0.1) is 11.3 Å². The molecule has 1 fully saturated rings. The number of hydrogen-bond acceptors (Lipinski definition) is 5. The molecule has 2 N–H and O–H groups in total. The third kappa shape index (κ3) is 5.11. The molecule has 1 aliphatic rings. The number of nitrogens with zero attached hydrogens (tertiary/aromatic N) is 2. The number of benzene rings is 1. The topological polar surface area (TPSA) is 68.5 Å². The summed E-state index contributed by atoms with van der Waals surface area (Å²) in [6, 6.07) is 10.1. The Bertz CT molecular complexity index is 668. The van der Waals surface area contributed by atoms with E-state index in [1.807, 2.05) is 28.5 Å². The molecule has 0 radical (unpaired) electrons. The van der Waals surface area contributed by atoms with Crippen LogP contribution in [0.1, 0.15) is 33.9 Å². The van der Waals surface area contributed by atoms with Crippen LogP contribution in [0.4, 0.5) is 0 Å². The second-order valence-electron chi connectivity index (χ2n) is 6.39. The van der Waals surface area contributed by atoms with Crippen molar-refractivity contribution in [1.29, 1.82) is 0 Å². The number of amides is 1. The van der Waals surface area contributed by atoms with Crippen LogP contribution in [0.3, 0.4) is 0 Å². The van der Waals surface area contributed by atoms with Gasteiger partial charge in [0.25, 0.3) is 5.91 Å². The zero-order valence-electron chi connectivity index (χ0n) is 14.4. The second kappa shape index (κ2) is 9.08. The minimum absolute atomic E-state index is 0.00914. The fraction of sp³-hybridized carbons (Fsp3) is 0.474. The number of carbonyl (C=O) groups is 1. The van der Waals surface area contributed by atoms with Crippen molar-refractivity contribution in [3.8, 4) is 0 Å². The fourth-order valence-electron chi connectivity index (χ4n) is 3.07. The van der Waals surface area contributed by atoms with Crippen LogP contribution in [-0.4, -0.2) is 42.1 Å². The summed E-state index contributed by atoms with van der Waals surface area (Å²) in [6.07, 6.45) is 2.73. The SMILES string of the molecule is NCCc1nc(C(=O)N(Cc2ccccc2)CC2CCOCC2)cs1. The molecule has 2 aromatic rings. The summed E-state index contributed by atoms with van der Waals surface area (Å²) >= 11 is 1.51. The first-order chi connectivity index (χ1) is 12.3. The van der Waals surface area contributed by atoms with Crippen LogP contribution < -0.4 is 5.73 Å². The predicted molar refractivity (Wildman–Crippen MR) is 99.6 cm³/mol. The first-order valence-electron chi connectivity index (χ1n) is 8.81. The van der Waals surface area contributed by atoms with Crippen LogP contribution >= 0.6 is 11.3 Å². The largest absolute Gasteiger partial charge is 0.381 e. The van der Waals surface area contributed by atoms with Gasteiger partial charge >= 0.3 is 0 Å². The van der Waals surface area contributed by atoms with Gasteiger partial charge in [0.05, 0.1) is 5.01 Å². The van der Waals surface area contributed by atoms with Crippen molar-refractivity contribution in [2.45, 2.75) is 25.8 Å². The smallest absolute Gasteiger partial charge is 0.273 e. The van der Waals surface area contributed by atoms with Crippen LogP contribution in [0.2, 0.25) is 0 Å². The van der Waals surface area contributed by atoms with E-state index < -0.39 is 0 Å². The summed E-state index contributed by atoms with van der Waals surface area (Å²) in [5.74, 6) is 0.499. The Labute approximate surface area is 152 Å². The van der Waals surface area contributed by atoms with Gasteiger partial charge in [-0.1, -0.05) is 30.3 Å². The Morgan fingerprint density at radius 3 is 2.76 bits per heavy atom. The molecule has 0 saturated carbocycles. The van der Waals surface area contributed by atoms with Gasteiger partial charge in [0.2, 0.25) is 0 Å². The van der Waals surface area contributed by atoms with Gasteiger partial charge in [-0.05, 0) is 30.9 Å². The summed E-state index contributed by atoms with van der Waals surface area (Å²) in [5, 5.41) is 2.78. The summed E-state index contributed by atoms with van der Waals surface area (Å²) in [4.78, 5) is 19.5. The highest BCUT2D eigenvalue weighted by atomic mass is 32.1. The number of ether oxygens (including phenoxy) is 1. The molecule has 0 aliphatic carbocycles. The lowest BCUT2D eigenvalue weighted by atomic mass is 9.99. The van der Waals surface area contributed by atoms with Gasteiger partial charge in [-0.25, -0.2) is 4.98 Å². The molecule has 0 atom stereocenters. The molecule has 2 heterocycles. The maximum absolute atomic E-state index is 13.0. The molecule has 25 heavy (non-hydrogen) atoms. The van der Waals surface area contributed by atoms with Crippen molar-refractivity contribution < 1.29 is 9.53 Å². The van der Waals surface area contributed by atoms with E-state index in [1.54, 1.807) is 0 Å². The first-order valence-corrected chi connectivity index (χ1v) is 9.69. The average Bonchev–Trinajstić information content (AvgIpc) is 3.11. The first kappa shape index (κ1) is 18.0. The van der Waals surface area contributed by atoms with Gasteiger partial charge in [0.1, 0.15) is 5.69 Å². The van der Waals surface area contributed by atoms with Gasteiger partial charge in [0.15, 0.2) is 0 Å². The van der Waals surface area contributed by atoms with Crippen LogP contribution in [-0.2, 0) is 17.7 Å². The van der Waals surface area contributed by atoms with E-state index in [2.05, 4.69) is 17.1 Å². The minimum Gasteiger partial charge on any atom is -0.381 e. The standard InChI is InChI=1S/C19H25N3O2S/c20-9-6-18-21-17(14-25-18)19(23)22(12-15-4-2-1-3-5-15)13-16-7-10-24-11-8-16/h1-5,14,16H,6-13,20H2. The predicted octanol–water partition coefficient (Wildman–Crippen LogP) is 2.71. The lowest BCUT2D eigenvalue weighted by Crippen LogP contribution is -2.37. The summed E-state index contributed by atoms with van der Waals surface area (Å²) in [7, 11) is 0. The van der Waals surface area contributed by atoms with Crippen LogP contribution in [0.15, 0.2) is 35.7 Å². The van der Waals surface area contributed by atoms with E-state index in [0.717, 1.165) is 49.6 Å². The summed E-state index contributed by atoms with van der Waals surface area (Å²) in [6.45, 7) is 3.49. The van der Waals surface area contributed by atoms with E-state index in [0.29, 0.717) is 24.7 Å². The van der Waals surface area contributed by atoms with Gasteiger partial charge < -0.3 is 15.4 Å². The van der Waals surface area contributed by atoms with E-state index in [1.165, 1.54) is 11.3 Å². The Kier molecular flexibility index (Phi) is 6.55. The fourth-order valence-corrected chi connectivity index (χ4v) is 3.86. The molecule has 1 aromatic heterocycles. The molecular formula is C19H25N3O2S. The third-order valence-corrected chi connectivity index (χ3v) is 5.36. The Morgan fingerprint density at radius 2 is 2.04 bits per heavy atom. The molecule has 0 unspecified atom stereocenters. The third-order valence-electron chi connectivity index (χ3n) is 4.45. The van der Waals surface area contributed by atoms with E-state index in [-0.39, 0.29) is 5.91 Å². The number of hydrogen-bond donors (Lipinski definition) is 1. The lowest BCUT2D eigenvalue weighted by Gasteiger charge is -2.29. The molecule has 0 bridgehead atoms. The molecule has 5 nitrogen and oxygen atoms in total. The van der Waals surface area contributed by atoms with Crippen molar-refractivity contribution >= 4 is 17.2 Å².